The fraction of sp³-hybridized carbons (Fsp3) is 0.400. The minimum atomic E-state index is 0.327. The molecule has 0 saturated carbocycles. The Morgan fingerprint density at radius 3 is 2.53 bits per heavy atom. The van der Waals surface area contributed by atoms with Crippen LogP contribution in [0.15, 0.2) is 35.3 Å². The van der Waals surface area contributed by atoms with Crippen LogP contribution in [0, 0.1) is 0 Å². The molecule has 92 valence electrons. The lowest BCUT2D eigenvalue weighted by Crippen LogP contribution is -1.99. The van der Waals surface area contributed by atoms with Crippen LogP contribution in [0.3, 0.4) is 0 Å². The second-order valence-corrected chi connectivity index (χ2v) is 4.63. The maximum atomic E-state index is 11.8. The topological polar surface area (TPSA) is 17.1 Å². The van der Waals surface area contributed by atoms with E-state index in [0.29, 0.717) is 18.6 Å². The summed E-state index contributed by atoms with van der Waals surface area (Å²) in [4.78, 5) is 13.7. The van der Waals surface area contributed by atoms with E-state index in [1.54, 1.807) is 0 Å². The molecule has 0 N–H and O–H groups in total. The van der Waals surface area contributed by atoms with Crippen LogP contribution in [0.1, 0.15) is 44.6 Å². The number of carbonyl (C=O) groups is 1. The van der Waals surface area contributed by atoms with E-state index in [9.17, 15) is 4.79 Å². The Kier molecular flexibility index (Phi) is 6.87. The summed E-state index contributed by atoms with van der Waals surface area (Å²) in [6.07, 6.45) is 4.54. The molecule has 0 amide bonds. The van der Waals surface area contributed by atoms with Crippen molar-refractivity contribution in [3.05, 3.63) is 40.9 Å². The molecule has 0 aliphatic carbocycles. The zero-order valence-electron chi connectivity index (χ0n) is 10.3. The maximum Gasteiger partial charge on any atom is 0.137 e. The molecule has 0 aliphatic heterocycles. The van der Waals surface area contributed by atoms with Crippen LogP contribution in [0.25, 0.3) is 5.57 Å². The van der Waals surface area contributed by atoms with Gasteiger partial charge in [-0.05, 0) is 22.5 Å². The molecule has 1 nitrogen and oxygen atoms in total. The first-order valence-corrected chi connectivity index (χ1v) is 7.06. The lowest BCUT2D eigenvalue weighted by atomic mass is 10.00. The first-order valence-electron chi connectivity index (χ1n) is 6.14. The first kappa shape index (κ1) is 14.2. The monoisotopic (exact) mass is 294 g/mol. The smallest absolute Gasteiger partial charge is 0.137 e. The van der Waals surface area contributed by atoms with E-state index < -0.39 is 0 Å². The molecule has 0 spiro atoms. The van der Waals surface area contributed by atoms with Crippen molar-refractivity contribution in [2.75, 3.05) is 0 Å². The van der Waals surface area contributed by atoms with Crippen molar-refractivity contribution >= 4 is 27.3 Å². The van der Waals surface area contributed by atoms with Crippen LogP contribution in [-0.4, -0.2) is 5.78 Å². The summed E-state index contributed by atoms with van der Waals surface area (Å²) in [5, 5.41) is 0. The molecule has 1 rings (SSSR count). The van der Waals surface area contributed by atoms with E-state index in [-0.39, 0.29) is 0 Å². The van der Waals surface area contributed by atoms with Gasteiger partial charge in [-0.15, -0.1) is 0 Å². The SMILES string of the molecule is CCCCCC(=O)C/C(=C/Br)c1ccccc1. The highest BCUT2D eigenvalue weighted by atomic mass is 79.9. The molecule has 0 unspecified atom stereocenters. The Balaban J connectivity index is 2.51. The van der Waals surface area contributed by atoms with Crippen LogP contribution < -0.4 is 0 Å². The van der Waals surface area contributed by atoms with E-state index in [4.69, 9.17) is 0 Å². The third-order valence-corrected chi connectivity index (χ3v) is 3.28. The molecule has 1 aromatic rings. The number of hydrogen-bond donors (Lipinski definition) is 0. The third-order valence-electron chi connectivity index (χ3n) is 2.72. The highest BCUT2D eigenvalue weighted by Crippen LogP contribution is 2.21. The highest BCUT2D eigenvalue weighted by molar-refractivity contribution is 9.11. The van der Waals surface area contributed by atoms with Crippen molar-refractivity contribution in [3.63, 3.8) is 0 Å². The lowest BCUT2D eigenvalue weighted by molar-refractivity contribution is -0.118. The predicted molar refractivity (Wildman–Crippen MR) is 77.1 cm³/mol. The van der Waals surface area contributed by atoms with Crippen molar-refractivity contribution < 1.29 is 4.79 Å². The minimum Gasteiger partial charge on any atom is -0.299 e. The standard InChI is InChI=1S/C15H19BrO/c1-2-3-5-10-15(17)11-14(12-16)13-8-6-4-7-9-13/h4,6-9,12H,2-3,5,10-11H2,1H3/b14-12-. The van der Waals surface area contributed by atoms with Crippen molar-refractivity contribution in [1.82, 2.24) is 0 Å². The summed E-state index contributed by atoms with van der Waals surface area (Å²) in [6, 6.07) is 10.0. The number of allylic oxidation sites excluding steroid dienone is 1. The van der Waals surface area contributed by atoms with Crippen LogP contribution in [0.4, 0.5) is 0 Å². The molecule has 0 radical (unpaired) electrons. The van der Waals surface area contributed by atoms with E-state index >= 15 is 0 Å². The summed E-state index contributed by atoms with van der Waals surface area (Å²) >= 11 is 3.35. The third kappa shape index (κ3) is 5.31. The van der Waals surface area contributed by atoms with E-state index in [2.05, 4.69) is 22.9 Å². The van der Waals surface area contributed by atoms with Gasteiger partial charge in [-0.1, -0.05) is 66.0 Å². The second-order valence-electron chi connectivity index (χ2n) is 4.17. The molecule has 0 atom stereocenters. The zero-order chi connectivity index (χ0) is 12.5. The summed E-state index contributed by atoms with van der Waals surface area (Å²) in [5.41, 5.74) is 2.18. The average molecular weight is 295 g/mol. The molecule has 0 saturated heterocycles. The van der Waals surface area contributed by atoms with Gasteiger partial charge < -0.3 is 0 Å². The fourth-order valence-corrected chi connectivity index (χ4v) is 2.16. The summed E-state index contributed by atoms with van der Waals surface area (Å²) in [7, 11) is 0. The molecule has 0 aliphatic rings. The van der Waals surface area contributed by atoms with Gasteiger partial charge in [0.1, 0.15) is 5.78 Å². The van der Waals surface area contributed by atoms with Gasteiger partial charge in [0.2, 0.25) is 0 Å². The van der Waals surface area contributed by atoms with E-state index in [1.165, 1.54) is 0 Å². The normalized spacial score (nSPS) is 11.5. The first-order chi connectivity index (χ1) is 8.27. The predicted octanol–water partition coefficient (Wildman–Crippen LogP) is 4.96. The van der Waals surface area contributed by atoms with Crippen LogP contribution in [0.5, 0.6) is 0 Å². The zero-order valence-corrected chi connectivity index (χ0v) is 11.9. The largest absolute Gasteiger partial charge is 0.299 e. The fourth-order valence-electron chi connectivity index (χ4n) is 1.73. The Hall–Kier alpha value is -0.890. The number of Topliss-reactive ketones (excluding diaryl/α,β-unsaturated/α-hetero) is 1. The number of benzene rings is 1. The van der Waals surface area contributed by atoms with Crippen molar-refractivity contribution in [1.29, 1.82) is 0 Å². The van der Waals surface area contributed by atoms with Gasteiger partial charge in [0, 0.05) is 12.8 Å². The van der Waals surface area contributed by atoms with Gasteiger partial charge in [0.05, 0.1) is 0 Å². The molecule has 1 aromatic carbocycles. The number of hydrogen-bond acceptors (Lipinski definition) is 1. The Morgan fingerprint density at radius 2 is 1.94 bits per heavy atom. The Bertz CT molecular complexity index is 368. The van der Waals surface area contributed by atoms with Crippen molar-refractivity contribution in [3.8, 4) is 0 Å². The Morgan fingerprint density at radius 1 is 1.24 bits per heavy atom. The quantitative estimate of drug-likeness (QED) is 0.650. The van der Waals surface area contributed by atoms with E-state index in [1.807, 2.05) is 35.3 Å². The summed E-state index contributed by atoms with van der Waals surface area (Å²) < 4.78 is 0. The average Bonchev–Trinajstić information content (AvgIpc) is 2.37. The number of rotatable bonds is 7. The van der Waals surface area contributed by atoms with Gasteiger partial charge in [-0.25, -0.2) is 0 Å². The van der Waals surface area contributed by atoms with Gasteiger partial charge in [-0.3, -0.25) is 4.79 Å². The highest BCUT2D eigenvalue weighted by Gasteiger charge is 2.07. The number of ketones is 1. The number of halogens is 1. The molecule has 17 heavy (non-hydrogen) atoms. The van der Waals surface area contributed by atoms with Crippen LogP contribution in [-0.2, 0) is 4.79 Å². The lowest BCUT2D eigenvalue weighted by Gasteiger charge is -2.06. The second kappa shape index (κ2) is 8.24. The Labute approximate surface area is 112 Å². The minimum absolute atomic E-state index is 0.327. The molecule has 0 heterocycles. The molecule has 2 heteroatoms. The van der Waals surface area contributed by atoms with E-state index in [0.717, 1.165) is 30.4 Å². The molecule has 0 bridgehead atoms. The summed E-state index contributed by atoms with van der Waals surface area (Å²) in [5.74, 6) is 0.327. The number of carbonyl (C=O) groups excluding carboxylic acids is 1. The van der Waals surface area contributed by atoms with Crippen molar-refractivity contribution in [2.24, 2.45) is 0 Å². The maximum absolute atomic E-state index is 11.8. The number of unbranched alkanes of at least 4 members (excludes halogenated alkanes) is 2. The van der Waals surface area contributed by atoms with Crippen LogP contribution >= 0.6 is 15.9 Å². The molecular formula is C15H19BrO. The molecule has 0 fully saturated rings. The van der Waals surface area contributed by atoms with Gasteiger partial charge >= 0.3 is 0 Å². The summed E-state index contributed by atoms with van der Waals surface area (Å²) in [6.45, 7) is 2.15. The van der Waals surface area contributed by atoms with Crippen LogP contribution in [0.2, 0.25) is 0 Å². The van der Waals surface area contributed by atoms with Gasteiger partial charge in [-0.2, -0.15) is 0 Å². The van der Waals surface area contributed by atoms with Crippen molar-refractivity contribution in [2.45, 2.75) is 39.0 Å². The molecule has 0 aromatic heterocycles. The van der Waals surface area contributed by atoms with Gasteiger partial charge in [0.25, 0.3) is 0 Å². The molecular weight excluding hydrogens is 276 g/mol. The van der Waals surface area contributed by atoms with Gasteiger partial charge in [0.15, 0.2) is 0 Å².